The zero-order chi connectivity index (χ0) is 22.5. The van der Waals surface area contributed by atoms with Crippen LogP contribution in [-0.4, -0.2) is 58.4 Å². The molecular formula is C23H27N5O4. The minimum atomic E-state index is -0.429. The lowest BCUT2D eigenvalue weighted by Crippen LogP contribution is -2.43. The van der Waals surface area contributed by atoms with Crippen molar-refractivity contribution < 1.29 is 14.5 Å². The Morgan fingerprint density at radius 1 is 1.22 bits per heavy atom. The SMILES string of the molecule is Cc1ccc(C(CN2CCOCC2)NC(=O)CCn2ncc3ccc([N+](=O)[O-])cc32)cc1. The highest BCUT2D eigenvalue weighted by molar-refractivity contribution is 5.81. The molecule has 9 heteroatoms. The molecule has 0 bridgehead atoms. The Balaban J connectivity index is 1.43. The highest BCUT2D eigenvalue weighted by atomic mass is 16.6. The van der Waals surface area contributed by atoms with Gasteiger partial charge in [0.2, 0.25) is 5.91 Å². The quantitative estimate of drug-likeness (QED) is 0.429. The van der Waals surface area contributed by atoms with Crippen molar-refractivity contribution in [2.24, 2.45) is 0 Å². The highest BCUT2D eigenvalue weighted by Crippen LogP contribution is 2.21. The Morgan fingerprint density at radius 2 is 1.97 bits per heavy atom. The summed E-state index contributed by atoms with van der Waals surface area (Å²) in [7, 11) is 0. The van der Waals surface area contributed by atoms with Crippen molar-refractivity contribution in [3.05, 3.63) is 69.9 Å². The van der Waals surface area contributed by atoms with Crippen molar-refractivity contribution in [2.45, 2.75) is 25.9 Å². The molecule has 1 aromatic heterocycles. The number of nitrogens with one attached hydrogen (secondary N) is 1. The summed E-state index contributed by atoms with van der Waals surface area (Å²) in [5.74, 6) is -0.0853. The number of ether oxygens (including phenoxy) is 1. The van der Waals surface area contributed by atoms with Gasteiger partial charge in [-0.2, -0.15) is 5.10 Å². The zero-order valence-electron chi connectivity index (χ0n) is 18.1. The van der Waals surface area contributed by atoms with E-state index in [0.29, 0.717) is 25.3 Å². The first-order valence-electron chi connectivity index (χ1n) is 10.8. The van der Waals surface area contributed by atoms with Crippen LogP contribution in [-0.2, 0) is 16.1 Å². The predicted molar refractivity (Wildman–Crippen MR) is 120 cm³/mol. The molecule has 3 aromatic rings. The number of benzene rings is 2. The second-order valence-corrected chi connectivity index (χ2v) is 8.06. The van der Waals surface area contributed by atoms with Gasteiger partial charge in [-0.3, -0.25) is 24.5 Å². The van der Waals surface area contributed by atoms with Crippen LogP contribution in [0.1, 0.15) is 23.6 Å². The van der Waals surface area contributed by atoms with Gasteiger partial charge in [0.05, 0.1) is 42.4 Å². The van der Waals surface area contributed by atoms with Crippen molar-refractivity contribution in [3.63, 3.8) is 0 Å². The van der Waals surface area contributed by atoms with E-state index >= 15 is 0 Å². The average Bonchev–Trinajstić information content (AvgIpc) is 3.21. The highest BCUT2D eigenvalue weighted by Gasteiger charge is 2.20. The molecule has 168 valence electrons. The molecule has 0 radical (unpaired) electrons. The number of hydrogen-bond donors (Lipinski definition) is 1. The van der Waals surface area contributed by atoms with E-state index in [1.54, 1.807) is 16.9 Å². The first-order chi connectivity index (χ1) is 15.5. The average molecular weight is 438 g/mol. The van der Waals surface area contributed by atoms with Crippen molar-refractivity contribution in [3.8, 4) is 0 Å². The van der Waals surface area contributed by atoms with Crippen molar-refractivity contribution >= 4 is 22.5 Å². The second kappa shape index (κ2) is 9.88. The molecule has 1 aliphatic heterocycles. The monoisotopic (exact) mass is 437 g/mol. The number of nitro benzene ring substituents is 1. The fourth-order valence-electron chi connectivity index (χ4n) is 3.90. The smallest absolute Gasteiger partial charge is 0.271 e. The van der Waals surface area contributed by atoms with E-state index in [1.807, 2.05) is 6.92 Å². The normalized spacial score (nSPS) is 15.5. The number of fused-ring (bicyclic) bond motifs is 1. The fourth-order valence-corrected chi connectivity index (χ4v) is 3.90. The van der Waals surface area contributed by atoms with E-state index in [-0.39, 0.29) is 24.1 Å². The van der Waals surface area contributed by atoms with Crippen LogP contribution in [0.5, 0.6) is 0 Å². The second-order valence-electron chi connectivity index (χ2n) is 8.06. The van der Waals surface area contributed by atoms with Gasteiger partial charge in [0.25, 0.3) is 5.69 Å². The number of hydrogen-bond acceptors (Lipinski definition) is 6. The summed E-state index contributed by atoms with van der Waals surface area (Å²) in [6.45, 7) is 6.19. The minimum Gasteiger partial charge on any atom is -0.379 e. The summed E-state index contributed by atoms with van der Waals surface area (Å²) >= 11 is 0. The van der Waals surface area contributed by atoms with Gasteiger partial charge in [-0.1, -0.05) is 29.8 Å². The summed E-state index contributed by atoms with van der Waals surface area (Å²) < 4.78 is 7.08. The van der Waals surface area contributed by atoms with E-state index in [0.717, 1.165) is 30.6 Å². The molecule has 0 saturated carbocycles. The van der Waals surface area contributed by atoms with Gasteiger partial charge in [-0.05, 0) is 18.6 Å². The molecule has 1 unspecified atom stereocenters. The Labute approximate surface area is 186 Å². The molecule has 9 nitrogen and oxygen atoms in total. The fraction of sp³-hybridized carbons (Fsp3) is 0.391. The van der Waals surface area contributed by atoms with Crippen LogP contribution >= 0.6 is 0 Å². The van der Waals surface area contributed by atoms with Crippen LogP contribution in [0, 0.1) is 17.0 Å². The Bertz CT molecular complexity index is 1090. The molecule has 1 saturated heterocycles. The molecule has 1 amide bonds. The molecule has 0 spiro atoms. The number of aryl methyl sites for hydroxylation is 2. The van der Waals surface area contributed by atoms with Crippen molar-refractivity contribution in [1.82, 2.24) is 20.0 Å². The molecule has 1 N–H and O–H groups in total. The van der Waals surface area contributed by atoms with Crippen LogP contribution in [0.4, 0.5) is 5.69 Å². The molecule has 2 aromatic carbocycles. The van der Waals surface area contributed by atoms with Gasteiger partial charge in [-0.15, -0.1) is 0 Å². The standard InChI is InChI=1S/C23H27N5O4/c1-17-2-4-18(5-3-17)21(16-26-10-12-32-13-11-26)25-23(29)8-9-27-22-14-20(28(30)31)7-6-19(22)15-24-27/h2-7,14-15,21H,8-13,16H2,1H3,(H,25,29). The first-order valence-corrected chi connectivity index (χ1v) is 10.8. The molecule has 1 atom stereocenters. The number of rotatable bonds is 8. The summed E-state index contributed by atoms with van der Waals surface area (Å²) in [5.41, 5.74) is 2.89. The number of aromatic nitrogens is 2. The number of carbonyl (C=O) groups is 1. The molecule has 4 rings (SSSR count). The summed E-state index contributed by atoms with van der Waals surface area (Å²) in [5, 5.41) is 19.4. The third kappa shape index (κ3) is 5.30. The molecule has 2 heterocycles. The molecule has 1 aliphatic rings. The van der Waals surface area contributed by atoms with Gasteiger partial charge in [0.15, 0.2) is 0 Å². The molecule has 0 aliphatic carbocycles. The Kier molecular flexibility index (Phi) is 6.77. The Morgan fingerprint density at radius 3 is 2.69 bits per heavy atom. The molecular weight excluding hydrogens is 410 g/mol. The van der Waals surface area contributed by atoms with Gasteiger partial charge in [0, 0.05) is 43.6 Å². The van der Waals surface area contributed by atoms with Crippen molar-refractivity contribution in [2.75, 3.05) is 32.8 Å². The topological polar surface area (TPSA) is 103 Å². The van der Waals surface area contributed by atoms with E-state index in [2.05, 4.69) is 39.6 Å². The maximum absolute atomic E-state index is 12.8. The summed E-state index contributed by atoms with van der Waals surface area (Å²) in [4.78, 5) is 25.8. The van der Waals surface area contributed by atoms with Crippen LogP contribution in [0.2, 0.25) is 0 Å². The van der Waals surface area contributed by atoms with Crippen molar-refractivity contribution in [1.29, 1.82) is 0 Å². The molecule has 32 heavy (non-hydrogen) atoms. The van der Waals surface area contributed by atoms with Crippen LogP contribution < -0.4 is 5.32 Å². The van der Waals surface area contributed by atoms with Crippen LogP contribution in [0.15, 0.2) is 48.7 Å². The molecule has 1 fully saturated rings. The third-order valence-electron chi connectivity index (χ3n) is 5.75. The van der Waals surface area contributed by atoms with Gasteiger partial charge in [-0.25, -0.2) is 0 Å². The predicted octanol–water partition coefficient (Wildman–Crippen LogP) is 2.83. The van der Waals surface area contributed by atoms with Gasteiger partial charge in [0.1, 0.15) is 0 Å². The minimum absolute atomic E-state index is 0.00801. The lowest BCUT2D eigenvalue weighted by Gasteiger charge is -2.31. The van der Waals surface area contributed by atoms with E-state index in [4.69, 9.17) is 4.74 Å². The van der Waals surface area contributed by atoms with Gasteiger partial charge < -0.3 is 10.1 Å². The number of amides is 1. The van der Waals surface area contributed by atoms with E-state index < -0.39 is 4.92 Å². The van der Waals surface area contributed by atoms with E-state index in [9.17, 15) is 14.9 Å². The maximum Gasteiger partial charge on any atom is 0.271 e. The van der Waals surface area contributed by atoms with Gasteiger partial charge >= 0.3 is 0 Å². The first kappa shape index (κ1) is 21.9. The summed E-state index contributed by atoms with van der Waals surface area (Å²) in [6, 6.07) is 12.7. The number of non-ortho nitro benzene ring substituents is 1. The van der Waals surface area contributed by atoms with E-state index in [1.165, 1.54) is 17.7 Å². The van der Waals surface area contributed by atoms with Crippen LogP contribution in [0.3, 0.4) is 0 Å². The Hall–Kier alpha value is -3.30. The summed E-state index contributed by atoms with van der Waals surface area (Å²) in [6.07, 6.45) is 1.88. The maximum atomic E-state index is 12.8. The lowest BCUT2D eigenvalue weighted by molar-refractivity contribution is -0.384. The largest absolute Gasteiger partial charge is 0.379 e. The number of morpholine rings is 1. The lowest BCUT2D eigenvalue weighted by atomic mass is 10.0. The number of carbonyl (C=O) groups excluding carboxylic acids is 1. The third-order valence-corrected chi connectivity index (χ3v) is 5.75. The van der Waals surface area contributed by atoms with Crippen LogP contribution in [0.25, 0.3) is 10.9 Å². The number of nitrogens with zero attached hydrogens (tertiary/aromatic N) is 4. The zero-order valence-corrected chi connectivity index (χ0v) is 18.1. The number of nitro groups is 1.